The van der Waals surface area contributed by atoms with E-state index in [9.17, 15) is 4.79 Å². The Morgan fingerprint density at radius 1 is 1.14 bits per heavy atom. The van der Waals surface area contributed by atoms with E-state index in [4.69, 9.17) is 0 Å². The lowest BCUT2D eigenvalue weighted by atomic mass is 10.0. The first-order valence-electron chi connectivity index (χ1n) is 4.42. The lowest BCUT2D eigenvalue weighted by molar-refractivity contribution is -0.107. The monoisotopic (exact) mass is 248 g/mol. The third-order valence-electron chi connectivity index (χ3n) is 2.27. The first-order chi connectivity index (χ1) is 6.83. The summed E-state index contributed by atoms with van der Waals surface area (Å²) in [6.45, 7) is 0. The van der Waals surface area contributed by atoms with Gasteiger partial charge in [-0.3, -0.25) is 0 Å². The number of hydrogen-bond acceptors (Lipinski definition) is 1. The Hall–Kier alpha value is -1.15. The van der Waals surface area contributed by atoms with Gasteiger partial charge in [0, 0.05) is 10.9 Å². The highest BCUT2D eigenvalue weighted by Gasteiger charge is 2.03. The van der Waals surface area contributed by atoms with Crippen molar-refractivity contribution in [1.29, 1.82) is 0 Å². The van der Waals surface area contributed by atoms with E-state index < -0.39 is 0 Å². The minimum atomic E-state index is 0.460. The van der Waals surface area contributed by atoms with Crippen LogP contribution in [0.4, 0.5) is 0 Å². The van der Waals surface area contributed by atoms with Gasteiger partial charge in [0.1, 0.15) is 6.29 Å². The molecule has 0 radical (unpaired) electrons. The third kappa shape index (κ3) is 1.58. The van der Waals surface area contributed by atoms with Crippen LogP contribution in [0.15, 0.2) is 40.9 Å². The van der Waals surface area contributed by atoms with Crippen LogP contribution in [0.3, 0.4) is 0 Å². The largest absolute Gasteiger partial charge is 0.303 e. The van der Waals surface area contributed by atoms with E-state index in [2.05, 4.69) is 22.0 Å². The standard InChI is InChI=1S/C12H9BrO/c13-12-6-5-9-3-1-2-4-10(9)11(12)7-8-14/h1-6,8H,7H2. The maximum atomic E-state index is 10.5. The minimum Gasteiger partial charge on any atom is -0.303 e. The van der Waals surface area contributed by atoms with Crippen molar-refractivity contribution >= 4 is 33.0 Å². The number of halogens is 1. The van der Waals surface area contributed by atoms with Crippen molar-refractivity contribution in [2.75, 3.05) is 0 Å². The molecule has 0 saturated heterocycles. The number of aldehydes is 1. The van der Waals surface area contributed by atoms with Crippen molar-refractivity contribution in [3.8, 4) is 0 Å². The molecule has 0 N–H and O–H groups in total. The van der Waals surface area contributed by atoms with Gasteiger partial charge in [0.2, 0.25) is 0 Å². The van der Waals surface area contributed by atoms with Gasteiger partial charge in [0.15, 0.2) is 0 Å². The van der Waals surface area contributed by atoms with Crippen LogP contribution in [0.1, 0.15) is 5.56 Å². The molecule has 2 heteroatoms. The Kier molecular flexibility index (Phi) is 2.64. The quantitative estimate of drug-likeness (QED) is 0.746. The first kappa shape index (κ1) is 9.41. The average molecular weight is 249 g/mol. The van der Waals surface area contributed by atoms with Crippen molar-refractivity contribution in [2.24, 2.45) is 0 Å². The molecule has 0 aliphatic carbocycles. The van der Waals surface area contributed by atoms with Crippen LogP contribution in [0.5, 0.6) is 0 Å². The van der Waals surface area contributed by atoms with Gasteiger partial charge in [-0.15, -0.1) is 0 Å². The molecule has 0 saturated carbocycles. The van der Waals surface area contributed by atoms with Crippen molar-refractivity contribution in [3.05, 3.63) is 46.4 Å². The van der Waals surface area contributed by atoms with Gasteiger partial charge >= 0.3 is 0 Å². The zero-order valence-corrected chi connectivity index (χ0v) is 9.12. The predicted octanol–water partition coefficient (Wildman–Crippen LogP) is 3.34. The lowest BCUT2D eigenvalue weighted by Crippen LogP contribution is -1.89. The summed E-state index contributed by atoms with van der Waals surface area (Å²) >= 11 is 3.46. The van der Waals surface area contributed by atoms with Crippen LogP contribution >= 0.6 is 15.9 Å². The molecule has 0 amide bonds. The van der Waals surface area contributed by atoms with Gasteiger partial charge in [-0.25, -0.2) is 0 Å². The first-order valence-corrected chi connectivity index (χ1v) is 5.22. The van der Waals surface area contributed by atoms with Crippen molar-refractivity contribution in [3.63, 3.8) is 0 Å². The molecule has 0 aliphatic heterocycles. The van der Waals surface area contributed by atoms with E-state index >= 15 is 0 Å². The summed E-state index contributed by atoms with van der Waals surface area (Å²) < 4.78 is 1.00. The van der Waals surface area contributed by atoms with Crippen LogP contribution in [-0.4, -0.2) is 6.29 Å². The SMILES string of the molecule is O=CCc1c(Br)ccc2ccccc12. The van der Waals surface area contributed by atoms with E-state index in [1.807, 2.05) is 30.3 Å². The molecule has 0 heterocycles. The highest BCUT2D eigenvalue weighted by Crippen LogP contribution is 2.26. The summed E-state index contributed by atoms with van der Waals surface area (Å²) in [5, 5.41) is 2.32. The fraction of sp³-hybridized carbons (Fsp3) is 0.0833. The van der Waals surface area contributed by atoms with Gasteiger partial charge in [-0.1, -0.05) is 46.3 Å². The van der Waals surface area contributed by atoms with Crippen LogP contribution in [-0.2, 0) is 11.2 Å². The molecule has 0 aromatic heterocycles. The molecule has 2 rings (SSSR count). The average Bonchev–Trinajstić information content (AvgIpc) is 2.23. The maximum Gasteiger partial charge on any atom is 0.124 e. The molecule has 0 fully saturated rings. The fourth-order valence-corrected chi connectivity index (χ4v) is 2.11. The topological polar surface area (TPSA) is 17.1 Å². The fourth-order valence-electron chi connectivity index (χ4n) is 1.60. The van der Waals surface area contributed by atoms with E-state index in [0.717, 1.165) is 21.7 Å². The molecular weight excluding hydrogens is 240 g/mol. The molecule has 0 aliphatic rings. The van der Waals surface area contributed by atoms with Crippen LogP contribution in [0, 0.1) is 0 Å². The summed E-state index contributed by atoms with van der Waals surface area (Å²) in [7, 11) is 0. The van der Waals surface area contributed by atoms with Crippen molar-refractivity contribution in [2.45, 2.75) is 6.42 Å². The van der Waals surface area contributed by atoms with Crippen LogP contribution in [0.25, 0.3) is 10.8 Å². The summed E-state index contributed by atoms with van der Waals surface area (Å²) in [6.07, 6.45) is 1.40. The van der Waals surface area contributed by atoms with Crippen LogP contribution in [0.2, 0.25) is 0 Å². The highest BCUT2D eigenvalue weighted by molar-refractivity contribution is 9.10. The van der Waals surface area contributed by atoms with Gasteiger partial charge < -0.3 is 4.79 Å². The summed E-state index contributed by atoms with van der Waals surface area (Å²) in [4.78, 5) is 10.5. The van der Waals surface area contributed by atoms with Gasteiger partial charge in [-0.05, 0) is 22.4 Å². The minimum absolute atomic E-state index is 0.460. The molecule has 2 aromatic rings. The number of fused-ring (bicyclic) bond motifs is 1. The smallest absolute Gasteiger partial charge is 0.124 e. The second-order valence-corrected chi connectivity index (χ2v) is 3.97. The van der Waals surface area contributed by atoms with Gasteiger partial charge in [0.05, 0.1) is 0 Å². The van der Waals surface area contributed by atoms with E-state index in [-0.39, 0.29) is 0 Å². The molecule has 1 nitrogen and oxygen atoms in total. The molecule has 0 atom stereocenters. The Morgan fingerprint density at radius 2 is 1.93 bits per heavy atom. The highest BCUT2D eigenvalue weighted by atomic mass is 79.9. The predicted molar refractivity (Wildman–Crippen MR) is 61.4 cm³/mol. The second kappa shape index (κ2) is 3.93. The molecule has 2 aromatic carbocycles. The van der Waals surface area contributed by atoms with E-state index in [0.29, 0.717) is 6.42 Å². The van der Waals surface area contributed by atoms with E-state index in [1.54, 1.807) is 0 Å². The number of hydrogen-bond donors (Lipinski definition) is 0. The summed E-state index contributed by atoms with van der Waals surface area (Å²) in [6, 6.07) is 12.1. The lowest BCUT2D eigenvalue weighted by Gasteiger charge is -2.05. The summed E-state index contributed by atoms with van der Waals surface area (Å²) in [5.41, 5.74) is 1.07. The summed E-state index contributed by atoms with van der Waals surface area (Å²) in [5.74, 6) is 0. The maximum absolute atomic E-state index is 10.5. The molecule has 0 unspecified atom stereocenters. The van der Waals surface area contributed by atoms with Crippen LogP contribution < -0.4 is 0 Å². The zero-order chi connectivity index (χ0) is 9.97. The Bertz CT molecular complexity index is 477. The molecule has 0 bridgehead atoms. The Morgan fingerprint density at radius 3 is 2.71 bits per heavy atom. The van der Waals surface area contributed by atoms with Gasteiger partial charge in [-0.2, -0.15) is 0 Å². The molecule has 70 valence electrons. The molecule has 0 spiro atoms. The normalized spacial score (nSPS) is 10.4. The zero-order valence-electron chi connectivity index (χ0n) is 7.53. The third-order valence-corrected chi connectivity index (χ3v) is 3.01. The van der Waals surface area contributed by atoms with Crippen molar-refractivity contribution in [1.82, 2.24) is 0 Å². The van der Waals surface area contributed by atoms with E-state index in [1.165, 1.54) is 5.39 Å². The second-order valence-electron chi connectivity index (χ2n) is 3.12. The number of benzene rings is 2. The number of carbonyl (C=O) groups is 1. The number of carbonyl (C=O) groups excluding carboxylic acids is 1. The molecule has 14 heavy (non-hydrogen) atoms. The van der Waals surface area contributed by atoms with Crippen molar-refractivity contribution < 1.29 is 4.79 Å². The van der Waals surface area contributed by atoms with Gasteiger partial charge in [0.25, 0.3) is 0 Å². The Balaban J connectivity index is 2.75. The molecular formula is C12H9BrO. The number of rotatable bonds is 2. The Labute approximate surface area is 90.9 Å².